The van der Waals surface area contributed by atoms with E-state index in [1.807, 2.05) is 29.2 Å². The van der Waals surface area contributed by atoms with E-state index in [-0.39, 0.29) is 0 Å². The van der Waals surface area contributed by atoms with Gasteiger partial charge in [0.1, 0.15) is 4.99 Å². The van der Waals surface area contributed by atoms with E-state index in [9.17, 15) is 13.2 Å². The van der Waals surface area contributed by atoms with Crippen LogP contribution in [-0.2, 0) is 0 Å². The second kappa shape index (κ2) is 5.97. The number of nitrogens with zero attached hydrogens (tertiary/aromatic N) is 2. The summed E-state index contributed by atoms with van der Waals surface area (Å²) < 4.78 is 37.0. The molecule has 1 aliphatic rings. The Morgan fingerprint density at radius 1 is 1.15 bits per heavy atom. The molecular weight excluding hydrogens is 287 g/mol. The quantitative estimate of drug-likeness (QED) is 0.866. The lowest BCUT2D eigenvalue weighted by atomic mass is 10.1. The third-order valence-electron chi connectivity index (χ3n) is 3.29. The molecule has 0 spiro atoms. The molecule has 1 heterocycles. The van der Waals surface area contributed by atoms with E-state index in [1.54, 1.807) is 0 Å². The van der Waals surface area contributed by atoms with E-state index < -0.39 is 12.7 Å². The van der Waals surface area contributed by atoms with Gasteiger partial charge in [0.2, 0.25) is 0 Å². The summed E-state index contributed by atoms with van der Waals surface area (Å²) >= 11 is 5.01. The number of benzene rings is 1. The topological polar surface area (TPSA) is 32.5 Å². The zero-order valence-electron chi connectivity index (χ0n) is 10.9. The number of para-hydroxylation sites is 1. The van der Waals surface area contributed by atoms with Crippen molar-refractivity contribution in [2.75, 3.05) is 37.6 Å². The lowest BCUT2D eigenvalue weighted by Gasteiger charge is -2.37. The molecule has 0 radical (unpaired) electrons. The summed E-state index contributed by atoms with van der Waals surface area (Å²) in [6, 6.07) is 7.45. The van der Waals surface area contributed by atoms with Gasteiger partial charge >= 0.3 is 6.18 Å². The Morgan fingerprint density at radius 2 is 1.75 bits per heavy atom. The molecule has 0 aliphatic carbocycles. The monoisotopic (exact) mass is 303 g/mol. The van der Waals surface area contributed by atoms with Crippen LogP contribution < -0.4 is 10.6 Å². The Balaban J connectivity index is 2.03. The van der Waals surface area contributed by atoms with Crippen LogP contribution in [0, 0.1) is 0 Å². The highest BCUT2D eigenvalue weighted by molar-refractivity contribution is 7.80. The first-order valence-corrected chi connectivity index (χ1v) is 6.70. The summed E-state index contributed by atoms with van der Waals surface area (Å²) in [5, 5.41) is 0. The second-order valence-electron chi connectivity index (χ2n) is 4.76. The molecule has 20 heavy (non-hydrogen) atoms. The lowest BCUT2D eigenvalue weighted by Crippen LogP contribution is -2.49. The molecule has 1 aliphatic heterocycles. The molecule has 0 bridgehead atoms. The molecule has 3 nitrogen and oxygen atoms in total. The normalized spacial score (nSPS) is 17.2. The molecule has 110 valence electrons. The molecule has 1 aromatic carbocycles. The molecule has 0 atom stereocenters. The molecule has 0 unspecified atom stereocenters. The highest BCUT2D eigenvalue weighted by Crippen LogP contribution is 2.23. The Morgan fingerprint density at radius 3 is 2.30 bits per heavy atom. The Labute approximate surface area is 121 Å². The fraction of sp³-hybridized carbons (Fsp3) is 0.462. The number of piperazine rings is 1. The van der Waals surface area contributed by atoms with Crippen molar-refractivity contribution >= 4 is 22.9 Å². The van der Waals surface area contributed by atoms with Crippen molar-refractivity contribution in [1.29, 1.82) is 0 Å². The highest BCUT2D eigenvalue weighted by Gasteiger charge is 2.32. The molecule has 1 saturated heterocycles. The molecule has 7 heteroatoms. The molecule has 1 fully saturated rings. The first-order chi connectivity index (χ1) is 9.37. The number of halogens is 3. The summed E-state index contributed by atoms with van der Waals surface area (Å²) in [4.78, 5) is 3.75. The fourth-order valence-electron chi connectivity index (χ4n) is 2.36. The van der Waals surface area contributed by atoms with Crippen LogP contribution in [0.4, 0.5) is 18.9 Å². The van der Waals surface area contributed by atoms with Crippen molar-refractivity contribution in [3.63, 3.8) is 0 Å². The van der Waals surface area contributed by atoms with Crippen LogP contribution in [0.3, 0.4) is 0 Å². The zero-order chi connectivity index (χ0) is 14.8. The van der Waals surface area contributed by atoms with Crippen LogP contribution in [-0.4, -0.2) is 48.8 Å². The first kappa shape index (κ1) is 15.1. The van der Waals surface area contributed by atoms with Gasteiger partial charge in [-0.25, -0.2) is 0 Å². The number of hydrogen-bond acceptors (Lipinski definition) is 3. The molecule has 0 saturated carbocycles. The van der Waals surface area contributed by atoms with E-state index in [0.29, 0.717) is 31.2 Å². The van der Waals surface area contributed by atoms with Gasteiger partial charge in [-0.05, 0) is 12.1 Å². The average Bonchev–Trinajstić information content (AvgIpc) is 2.38. The van der Waals surface area contributed by atoms with Gasteiger partial charge in [0.15, 0.2) is 0 Å². The van der Waals surface area contributed by atoms with Crippen LogP contribution in [0.5, 0.6) is 0 Å². The van der Waals surface area contributed by atoms with Crippen molar-refractivity contribution in [3.05, 3.63) is 29.8 Å². The fourth-order valence-corrected chi connectivity index (χ4v) is 2.53. The SMILES string of the molecule is NC(=S)c1ccccc1N1CCN(CC(F)(F)F)CC1. The largest absolute Gasteiger partial charge is 0.401 e. The standard InChI is InChI=1S/C13H16F3N3S/c14-13(15,16)9-18-5-7-19(8-6-18)11-4-2-1-3-10(11)12(17)20/h1-4H,5-9H2,(H2,17,20). The maximum atomic E-state index is 12.3. The van der Waals surface area contributed by atoms with Gasteiger partial charge in [0.25, 0.3) is 0 Å². The minimum atomic E-state index is -4.14. The van der Waals surface area contributed by atoms with E-state index in [1.165, 1.54) is 4.90 Å². The molecule has 0 aromatic heterocycles. The second-order valence-corrected chi connectivity index (χ2v) is 5.20. The van der Waals surface area contributed by atoms with E-state index >= 15 is 0 Å². The maximum absolute atomic E-state index is 12.3. The van der Waals surface area contributed by atoms with Crippen LogP contribution in [0.2, 0.25) is 0 Å². The van der Waals surface area contributed by atoms with Crippen LogP contribution in [0.1, 0.15) is 5.56 Å². The molecule has 1 aromatic rings. The van der Waals surface area contributed by atoms with E-state index in [4.69, 9.17) is 18.0 Å². The summed E-state index contributed by atoms with van der Waals surface area (Å²) in [5.74, 6) is 0. The molecule has 2 N–H and O–H groups in total. The predicted molar refractivity (Wildman–Crippen MR) is 77.0 cm³/mol. The summed E-state index contributed by atoms with van der Waals surface area (Å²) in [6.45, 7) is 0.986. The van der Waals surface area contributed by atoms with Gasteiger partial charge < -0.3 is 10.6 Å². The number of anilines is 1. The van der Waals surface area contributed by atoms with Gasteiger partial charge in [-0.2, -0.15) is 13.2 Å². The van der Waals surface area contributed by atoms with Crippen molar-refractivity contribution in [3.8, 4) is 0 Å². The van der Waals surface area contributed by atoms with Crippen molar-refractivity contribution in [2.24, 2.45) is 5.73 Å². The van der Waals surface area contributed by atoms with Gasteiger partial charge in [0.05, 0.1) is 6.54 Å². The number of hydrogen-bond donors (Lipinski definition) is 1. The summed E-state index contributed by atoms with van der Waals surface area (Å²) in [6.07, 6.45) is -4.14. The third-order valence-corrected chi connectivity index (χ3v) is 3.51. The number of nitrogens with two attached hydrogens (primary N) is 1. The average molecular weight is 303 g/mol. The summed E-state index contributed by atoms with van der Waals surface area (Å²) in [5.41, 5.74) is 7.34. The minimum Gasteiger partial charge on any atom is -0.389 e. The van der Waals surface area contributed by atoms with Crippen molar-refractivity contribution in [1.82, 2.24) is 4.90 Å². The third kappa shape index (κ3) is 3.83. The maximum Gasteiger partial charge on any atom is 0.401 e. The van der Waals surface area contributed by atoms with Gasteiger partial charge in [-0.15, -0.1) is 0 Å². The van der Waals surface area contributed by atoms with Gasteiger partial charge in [-0.3, -0.25) is 4.90 Å². The Hall–Kier alpha value is -1.34. The Bertz CT molecular complexity index is 482. The number of thiocarbonyl (C=S) groups is 1. The molecule has 0 amide bonds. The molecule has 2 rings (SSSR count). The van der Waals surface area contributed by atoms with E-state index in [2.05, 4.69) is 0 Å². The highest BCUT2D eigenvalue weighted by atomic mass is 32.1. The zero-order valence-corrected chi connectivity index (χ0v) is 11.7. The lowest BCUT2D eigenvalue weighted by molar-refractivity contribution is -0.146. The number of rotatable bonds is 3. The predicted octanol–water partition coefficient (Wildman–Crippen LogP) is 2.01. The first-order valence-electron chi connectivity index (χ1n) is 6.30. The van der Waals surface area contributed by atoms with Gasteiger partial charge in [0, 0.05) is 37.4 Å². The van der Waals surface area contributed by atoms with Crippen molar-refractivity contribution < 1.29 is 13.2 Å². The van der Waals surface area contributed by atoms with Crippen LogP contribution in [0.15, 0.2) is 24.3 Å². The van der Waals surface area contributed by atoms with E-state index in [0.717, 1.165) is 11.3 Å². The van der Waals surface area contributed by atoms with Gasteiger partial charge in [-0.1, -0.05) is 24.4 Å². The Kier molecular flexibility index (Phi) is 4.49. The minimum absolute atomic E-state index is 0.304. The number of alkyl halides is 3. The smallest absolute Gasteiger partial charge is 0.389 e. The van der Waals surface area contributed by atoms with Crippen LogP contribution >= 0.6 is 12.2 Å². The summed E-state index contributed by atoms with van der Waals surface area (Å²) in [7, 11) is 0. The van der Waals surface area contributed by atoms with Crippen LogP contribution in [0.25, 0.3) is 0 Å². The van der Waals surface area contributed by atoms with Crippen molar-refractivity contribution in [2.45, 2.75) is 6.18 Å². The molecular formula is C13H16F3N3S.